The topological polar surface area (TPSA) is 82.5 Å². The van der Waals surface area contributed by atoms with Gasteiger partial charge in [0.1, 0.15) is 11.2 Å². The van der Waals surface area contributed by atoms with Crippen LogP contribution in [0.1, 0.15) is 46.6 Å². The summed E-state index contributed by atoms with van der Waals surface area (Å²) in [6, 6.07) is 7.20. The van der Waals surface area contributed by atoms with E-state index in [2.05, 4.69) is 10.3 Å². The van der Waals surface area contributed by atoms with Crippen molar-refractivity contribution >= 4 is 16.9 Å². The molecular formula is C23H25N3O4. The van der Waals surface area contributed by atoms with Gasteiger partial charge in [-0.1, -0.05) is 0 Å². The van der Waals surface area contributed by atoms with Crippen LogP contribution >= 0.6 is 0 Å². The summed E-state index contributed by atoms with van der Waals surface area (Å²) in [5, 5.41) is 3.49. The van der Waals surface area contributed by atoms with Crippen molar-refractivity contribution in [3.05, 3.63) is 63.1 Å². The maximum absolute atomic E-state index is 13.1. The largest absolute Gasteiger partial charge is 0.493 e. The number of hydrogen-bond donors (Lipinski definition) is 1. The van der Waals surface area contributed by atoms with Gasteiger partial charge in [0.2, 0.25) is 5.43 Å². The molecule has 0 fully saturated rings. The summed E-state index contributed by atoms with van der Waals surface area (Å²) < 4.78 is 12.6. The van der Waals surface area contributed by atoms with Crippen LogP contribution in [0.5, 0.6) is 11.5 Å². The van der Waals surface area contributed by atoms with Crippen LogP contribution in [-0.4, -0.2) is 29.7 Å². The van der Waals surface area contributed by atoms with Gasteiger partial charge in [-0.3, -0.25) is 9.59 Å². The number of benzene rings is 1. The fraction of sp³-hybridized carbons (Fsp3) is 0.348. The monoisotopic (exact) mass is 407 g/mol. The summed E-state index contributed by atoms with van der Waals surface area (Å²) in [7, 11) is 3.19. The molecule has 1 amide bonds. The molecule has 1 aromatic carbocycles. The van der Waals surface area contributed by atoms with Gasteiger partial charge in [0, 0.05) is 18.4 Å². The molecule has 0 radical (unpaired) electrons. The Kier molecular flexibility index (Phi) is 5.20. The highest BCUT2D eigenvalue weighted by Gasteiger charge is 2.28. The second-order valence-corrected chi connectivity index (χ2v) is 7.45. The van der Waals surface area contributed by atoms with Crippen LogP contribution in [0.3, 0.4) is 0 Å². The molecule has 2 heterocycles. The Hall–Kier alpha value is -3.35. The van der Waals surface area contributed by atoms with Gasteiger partial charge in [0.25, 0.3) is 5.91 Å². The molecule has 0 spiro atoms. The van der Waals surface area contributed by atoms with Crippen molar-refractivity contribution in [3.63, 3.8) is 0 Å². The zero-order chi connectivity index (χ0) is 21.4. The lowest BCUT2D eigenvalue weighted by atomic mass is 10.1. The number of amides is 1. The Balaban J connectivity index is 1.70. The molecule has 1 aliphatic rings. The summed E-state index contributed by atoms with van der Waals surface area (Å²) in [5.41, 5.74) is 3.36. The molecule has 0 saturated carbocycles. The normalized spacial score (nSPS) is 15.1. The van der Waals surface area contributed by atoms with Crippen molar-refractivity contribution in [1.29, 1.82) is 0 Å². The quantitative estimate of drug-likeness (QED) is 0.703. The zero-order valence-electron chi connectivity index (χ0n) is 17.6. The van der Waals surface area contributed by atoms with Crippen LogP contribution < -0.4 is 20.2 Å². The molecule has 7 nitrogen and oxygen atoms in total. The van der Waals surface area contributed by atoms with Crippen LogP contribution in [0.15, 0.2) is 35.3 Å². The maximum atomic E-state index is 13.1. The van der Waals surface area contributed by atoms with Crippen LogP contribution in [0.25, 0.3) is 11.0 Å². The van der Waals surface area contributed by atoms with Crippen molar-refractivity contribution < 1.29 is 14.3 Å². The van der Waals surface area contributed by atoms with E-state index in [1.54, 1.807) is 32.5 Å². The van der Waals surface area contributed by atoms with E-state index in [-0.39, 0.29) is 22.9 Å². The summed E-state index contributed by atoms with van der Waals surface area (Å²) in [6.07, 6.45) is 3.19. The third-order valence-electron chi connectivity index (χ3n) is 5.67. The molecule has 0 aliphatic heterocycles. The van der Waals surface area contributed by atoms with Crippen molar-refractivity contribution in [2.45, 2.75) is 39.3 Å². The molecule has 7 heteroatoms. The Labute approximate surface area is 174 Å². The Bertz CT molecular complexity index is 1200. The Morgan fingerprint density at radius 3 is 2.67 bits per heavy atom. The standard InChI is InChI=1S/C23H25N3O4/c1-5-26-12-17(21(27)15-8-6-13(2)24-22(15)26)23(28)25-18-9-7-14-10-19(29-3)20(30-4)11-16(14)18/h6,8,10-12,18H,5,7,9H2,1-4H3,(H,25,28)/t18-/m1/s1. The van der Waals surface area contributed by atoms with E-state index in [9.17, 15) is 9.59 Å². The van der Waals surface area contributed by atoms with Gasteiger partial charge in [-0.05, 0) is 62.1 Å². The maximum Gasteiger partial charge on any atom is 0.257 e. The third kappa shape index (κ3) is 3.30. The summed E-state index contributed by atoms with van der Waals surface area (Å²) in [5.74, 6) is 0.918. The molecule has 3 aromatic rings. The number of nitrogens with one attached hydrogen (secondary N) is 1. The number of methoxy groups -OCH3 is 2. The van der Waals surface area contributed by atoms with Gasteiger partial charge in [0.05, 0.1) is 25.6 Å². The highest BCUT2D eigenvalue weighted by molar-refractivity contribution is 5.97. The number of pyridine rings is 2. The number of nitrogens with zero attached hydrogens (tertiary/aromatic N) is 2. The van der Waals surface area contributed by atoms with E-state index in [1.165, 1.54) is 0 Å². The Morgan fingerprint density at radius 1 is 1.23 bits per heavy atom. The Morgan fingerprint density at radius 2 is 1.97 bits per heavy atom. The minimum absolute atomic E-state index is 0.129. The molecule has 30 heavy (non-hydrogen) atoms. The van der Waals surface area contributed by atoms with E-state index in [1.807, 2.05) is 30.5 Å². The van der Waals surface area contributed by atoms with Crippen LogP contribution in [-0.2, 0) is 13.0 Å². The first-order chi connectivity index (χ1) is 14.5. The number of carbonyl (C=O) groups excluding carboxylic acids is 1. The predicted molar refractivity (Wildman–Crippen MR) is 114 cm³/mol. The van der Waals surface area contributed by atoms with Gasteiger partial charge in [-0.15, -0.1) is 0 Å². The second-order valence-electron chi connectivity index (χ2n) is 7.45. The van der Waals surface area contributed by atoms with E-state index in [0.717, 1.165) is 29.7 Å². The van der Waals surface area contributed by atoms with Gasteiger partial charge < -0.3 is 19.4 Å². The third-order valence-corrected chi connectivity index (χ3v) is 5.67. The van der Waals surface area contributed by atoms with Crippen LogP contribution in [0, 0.1) is 6.92 Å². The fourth-order valence-electron chi connectivity index (χ4n) is 4.08. The molecule has 0 bridgehead atoms. The number of rotatable bonds is 5. The summed E-state index contributed by atoms with van der Waals surface area (Å²) >= 11 is 0. The molecule has 0 unspecified atom stereocenters. The molecular weight excluding hydrogens is 382 g/mol. The van der Waals surface area contributed by atoms with Crippen LogP contribution in [0.2, 0.25) is 0 Å². The number of ether oxygens (including phenoxy) is 2. The second kappa shape index (κ2) is 7.82. The van der Waals surface area contributed by atoms with E-state index < -0.39 is 0 Å². The van der Waals surface area contributed by atoms with Gasteiger partial charge in [0.15, 0.2) is 11.5 Å². The van der Waals surface area contributed by atoms with E-state index in [0.29, 0.717) is 29.1 Å². The number of carbonyl (C=O) groups is 1. The number of aryl methyl sites for hydroxylation is 3. The molecule has 2 aromatic heterocycles. The lowest BCUT2D eigenvalue weighted by molar-refractivity contribution is 0.0935. The molecule has 1 N–H and O–H groups in total. The minimum Gasteiger partial charge on any atom is -0.493 e. The average molecular weight is 407 g/mol. The number of fused-ring (bicyclic) bond motifs is 2. The van der Waals surface area contributed by atoms with Gasteiger partial charge >= 0.3 is 0 Å². The van der Waals surface area contributed by atoms with Crippen LogP contribution in [0.4, 0.5) is 0 Å². The predicted octanol–water partition coefficient (Wildman–Crippen LogP) is 3.16. The first kappa shape index (κ1) is 19.9. The van der Waals surface area contributed by atoms with Crippen molar-refractivity contribution in [2.24, 2.45) is 0 Å². The molecule has 1 atom stereocenters. The summed E-state index contributed by atoms with van der Waals surface area (Å²) in [4.78, 5) is 30.6. The number of aromatic nitrogens is 2. The first-order valence-electron chi connectivity index (χ1n) is 10.0. The SMILES string of the molecule is CCn1cc(C(=O)N[C@@H]2CCc3cc(OC)c(OC)cc32)c(=O)c2ccc(C)nc21. The lowest BCUT2D eigenvalue weighted by Gasteiger charge is -2.17. The average Bonchev–Trinajstić information content (AvgIpc) is 3.14. The molecule has 4 rings (SSSR count). The lowest BCUT2D eigenvalue weighted by Crippen LogP contribution is -2.32. The highest BCUT2D eigenvalue weighted by Crippen LogP contribution is 2.39. The van der Waals surface area contributed by atoms with Crippen molar-refractivity contribution in [3.8, 4) is 11.5 Å². The fourth-order valence-corrected chi connectivity index (χ4v) is 4.08. The van der Waals surface area contributed by atoms with E-state index >= 15 is 0 Å². The molecule has 1 aliphatic carbocycles. The first-order valence-corrected chi connectivity index (χ1v) is 10.0. The summed E-state index contributed by atoms with van der Waals surface area (Å²) in [6.45, 7) is 4.45. The van der Waals surface area contributed by atoms with Gasteiger partial charge in [-0.2, -0.15) is 0 Å². The van der Waals surface area contributed by atoms with Gasteiger partial charge in [-0.25, -0.2) is 4.98 Å². The highest BCUT2D eigenvalue weighted by atomic mass is 16.5. The zero-order valence-corrected chi connectivity index (χ0v) is 17.6. The number of hydrogen-bond acceptors (Lipinski definition) is 5. The van der Waals surface area contributed by atoms with E-state index in [4.69, 9.17) is 9.47 Å². The smallest absolute Gasteiger partial charge is 0.257 e. The minimum atomic E-state index is -0.377. The van der Waals surface area contributed by atoms with Crippen molar-refractivity contribution in [1.82, 2.24) is 14.9 Å². The molecule has 0 saturated heterocycles. The van der Waals surface area contributed by atoms with Crippen molar-refractivity contribution in [2.75, 3.05) is 14.2 Å². The molecule has 156 valence electrons.